The summed E-state index contributed by atoms with van der Waals surface area (Å²) < 4.78 is 32.8. The molecule has 100 valence electrons. The Balaban J connectivity index is 1.98. The van der Waals surface area contributed by atoms with Crippen molar-refractivity contribution in [1.29, 1.82) is 0 Å². The van der Waals surface area contributed by atoms with Gasteiger partial charge in [-0.25, -0.2) is 13.1 Å². The van der Waals surface area contributed by atoms with E-state index in [1.54, 1.807) is 24.3 Å². The maximum absolute atomic E-state index is 12.0. The molecule has 18 heavy (non-hydrogen) atoms. The van der Waals surface area contributed by atoms with Crippen molar-refractivity contribution in [3.63, 3.8) is 0 Å². The molecule has 0 aliphatic carbocycles. The fourth-order valence-corrected chi connectivity index (χ4v) is 3.33. The molecule has 1 unspecified atom stereocenters. The molecule has 1 saturated heterocycles. The summed E-state index contributed by atoms with van der Waals surface area (Å²) in [6.45, 7) is 2.38. The van der Waals surface area contributed by atoms with Gasteiger partial charge in [0.25, 0.3) is 0 Å². The van der Waals surface area contributed by atoms with Crippen molar-refractivity contribution in [2.45, 2.75) is 11.0 Å². The number of ether oxygens (including phenoxy) is 1. The van der Waals surface area contributed by atoms with E-state index in [0.717, 1.165) is 11.0 Å². The van der Waals surface area contributed by atoms with Crippen molar-refractivity contribution in [2.24, 2.45) is 0 Å². The van der Waals surface area contributed by atoms with Crippen LogP contribution < -0.4 is 10.0 Å². The SMILES string of the molecule is O=S(=O)(NCC1CNCCO1)c1cccc(Br)c1. The predicted octanol–water partition coefficient (Wildman–Crippen LogP) is 0.716. The van der Waals surface area contributed by atoms with Gasteiger partial charge >= 0.3 is 0 Å². The molecule has 0 saturated carbocycles. The Bertz CT molecular complexity index is 501. The van der Waals surface area contributed by atoms with E-state index in [2.05, 4.69) is 26.0 Å². The molecular weight excluding hydrogens is 320 g/mol. The zero-order chi connectivity index (χ0) is 13.0. The van der Waals surface area contributed by atoms with Crippen LogP contribution in [0.25, 0.3) is 0 Å². The average Bonchev–Trinajstić information content (AvgIpc) is 2.38. The molecule has 1 fully saturated rings. The second-order valence-electron chi connectivity index (χ2n) is 4.01. The quantitative estimate of drug-likeness (QED) is 0.851. The highest BCUT2D eigenvalue weighted by molar-refractivity contribution is 9.10. The molecule has 5 nitrogen and oxygen atoms in total. The number of hydrogen-bond acceptors (Lipinski definition) is 4. The minimum atomic E-state index is -3.47. The summed E-state index contributed by atoms with van der Waals surface area (Å²) in [4.78, 5) is 0.251. The summed E-state index contributed by atoms with van der Waals surface area (Å²) >= 11 is 3.26. The second kappa shape index (κ2) is 6.12. The van der Waals surface area contributed by atoms with Crippen molar-refractivity contribution >= 4 is 26.0 Å². The highest BCUT2D eigenvalue weighted by atomic mass is 79.9. The van der Waals surface area contributed by atoms with E-state index in [0.29, 0.717) is 13.2 Å². The molecule has 1 heterocycles. The summed E-state index contributed by atoms with van der Waals surface area (Å²) in [5.74, 6) is 0. The van der Waals surface area contributed by atoms with Crippen molar-refractivity contribution in [1.82, 2.24) is 10.0 Å². The standard InChI is InChI=1S/C11H15BrN2O3S/c12-9-2-1-3-11(6-9)18(15,16)14-8-10-7-13-4-5-17-10/h1-3,6,10,13-14H,4-5,7-8H2. The first-order valence-electron chi connectivity index (χ1n) is 5.65. The number of nitrogens with one attached hydrogen (secondary N) is 2. The number of rotatable bonds is 4. The van der Waals surface area contributed by atoms with E-state index in [4.69, 9.17) is 4.74 Å². The van der Waals surface area contributed by atoms with Crippen LogP contribution in [-0.4, -0.2) is 40.8 Å². The maximum atomic E-state index is 12.0. The van der Waals surface area contributed by atoms with Crippen LogP contribution in [-0.2, 0) is 14.8 Å². The topological polar surface area (TPSA) is 67.4 Å². The van der Waals surface area contributed by atoms with E-state index >= 15 is 0 Å². The van der Waals surface area contributed by atoms with E-state index in [1.807, 2.05) is 0 Å². The lowest BCUT2D eigenvalue weighted by Crippen LogP contribution is -2.45. The Hall–Kier alpha value is -0.470. The monoisotopic (exact) mass is 334 g/mol. The van der Waals surface area contributed by atoms with Gasteiger partial charge in [0, 0.05) is 24.1 Å². The molecule has 1 aromatic rings. The molecular formula is C11H15BrN2O3S. The molecule has 0 aromatic heterocycles. The van der Waals surface area contributed by atoms with E-state index in [1.165, 1.54) is 0 Å². The molecule has 1 atom stereocenters. The molecule has 1 aliphatic heterocycles. The maximum Gasteiger partial charge on any atom is 0.240 e. The summed E-state index contributed by atoms with van der Waals surface area (Å²) in [7, 11) is -3.47. The number of hydrogen-bond donors (Lipinski definition) is 2. The fourth-order valence-electron chi connectivity index (χ4n) is 1.67. The van der Waals surface area contributed by atoms with Crippen LogP contribution in [0, 0.1) is 0 Å². The number of morpholine rings is 1. The third kappa shape index (κ3) is 3.76. The highest BCUT2D eigenvalue weighted by Gasteiger charge is 2.19. The van der Waals surface area contributed by atoms with E-state index < -0.39 is 10.0 Å². The van der Waals surface area contributed by atoms with Gasteiger partial charge < -0.3 is 10.1 Å². The Morgan fingerprint density at radius 2 is 2.33 bits per heavy atom. The van der Waals surface area contributed by atoms with Gasteiger partial charge in [0.05, 0.1) is 17.6 Å². The number of benzene rings is 1. The van der Waals surface area contributed by atoms with E-state index in [-0.39, 0.29) is 17.5 Å². The van der Waals surface area contributed by atoms with Gasteiger partial charge in [0.1, 0.15) is 0 Å². The van der Waals surface area contributed by atoms with Gasteiger partial charge in [-0.2, -0.15) is 0 Å². The normalized spacial score (nSPS) is 20.8. The molecule has 0 radical (unpaired) electrons. The van der Waals surface area contributed by atoms with Gasteiger partial charge in [0.2, 0.25) is 10.0 Å². The van der Waals surface area contributed by atoms with E-state index in [9.17, 15) is 8.42 Å². The summed E-state index contributed by atoms with van der Waals surface area (Å²) in [5.41, 5.74) is 0. The third-order valence-electron chi connectivity index (χ3n) is 2.61. The molecule has 2 N–H and O–H groups in total. The predicted molar refractivity (Wildman–Crippen MR) is 71.9 cm³/mol. The van der Waals surface area contributed by atoms with Crippen molar-refractivity contribution in [2.75, 3.05) is 26.2 Å². The van der Waals surface area contributed by atoms with Gasteiger partial charge in [-0.05, 0) is 18.2 Å². The molecule has 2 rings (SSSR count). The van der Waals surface area contributed by atoms with Crippen LogP contribution in [0.3, 0.4) is 0 Å². The van der Waals surface area contributed by atoms with Crippen LogP contribution in [0.2, 0.25) is 0 Å². The van der Waals surface area contributed by atoms with Crippen LogP contribution in [0.15, 0.2) is 33.6 Å². The van der Waals surface area contributed by atoms with Gasteiger partial charge in [-0.3, -0.25) is 0 Å². The Labute approximate surface area is 115 Å². The first-order chi connectivity index (χ1) is 8.58. The van der Waals surface area contributed by atoms with Gasteiger partial charge in [0.15, 0.2) is 0 Å². The molecule has 1 aliphatic rings. The van der Waals surface area contributed by atoms with Crippen LogP contribution in [0.5, 0.6) is 0 Å². The molecule has 0 spiro atoms. The minimum Gasteiger partial charge on any atom is -0.374 e. The molecule has 1 aromatic carbocycles. The minimum absolute atomic E-state index is 0.110. The van der Waals surface area contributed by atoms with Gasteiger partial charge in [-0.1, -0.05) is 22.0 Å². The van der Waals surface area contributed by atoms with Crippen LogP contribution in [0.1, 0.15) is 0 Å². The summed E-state index contributed by atoms with van der Waals surface area (Å²) in [6.07, 6.45) is -0.110. The second-order valence-corrected chi connectivity index (χ2v) is 6.69. The number of sulfonamides is 1. The Morgan fingerprint density at radius 1 is 1.50 bits per heavy atom. The summed E-state index contributed by atoms with van der Waals surface area (Å²) in [6, 6.07) is 6.61. The van der Waals surface area contributed by atoms with Crippen molar-refractivity contribution < 1.29 is 13.2 Å². The fraction of sp³-hybridized carbons (Fsp3) is 0.455. The number of halogens is 1. The Morgan fingerprint density at radius 3 is 3.00 bits per heavy atom. The largest absolute Gasteiger partial charge is 0.374 e. The van der Waals surface area contributed by atoms with Gasteiger partial charge in [-0.15, -0.1) is 0 Å². The molecule has 7 heteroatoms. The highest BCUT2D eigenvalue weighted by Crippen LogP contribution is 2.15. The lowest BCUT2D eigenvalue weighted by molar-refractivity contribution is 0.0324. The van der Waals surface area contributed by atoms with Crippen LogP contribution >= 0.6 is 15.9 Å². The average molecular weight is 335 g/mol. The molecule has 0 amide bonds. The first-order valence-corrected chi connectivity index (χ1v) is 7.93. The van der Waals surface area contributed by atoms with Crippen molar-refractivity contribution in [3.05, 3.63) is 28.7 Å². The van der Waals surface area contributed by atoms with Crippen molar-refractivity contribution in [3.8, 4) is 0 Å². The smallest absolute Gasteiger partial charge is 0.240 e. The zero-order valence-electron chi connectivity index (χ0n) is 9.73. The van der Waals surface area contributed by atoms with Crippen LogP contribution in [0.4, 0.5) is 0 Å². The molecule has 0 bridgehead atoms. The zero-order valence-corrected chi connectivity index (χ0v) is 12.1. The third-order valence-corrected chi connectivity index (χ3v) is 4.53. The lowest BCUT2D eigenvalue weighted by atomic mass is 10.3. The first kappa shape index (κ1) is 14.0. The Kier molecular flexibility index (Phi) is 4.74. The summed E-state index contributed by atoms with van der Waals surface area (Å²) in [5, 5.41) is 3.15. The lowest BCUT2D eigenvalue weighted by Gasteiger charge is -2.23.